The average molecular weight is 312 g/mol. The molecule has 1 atom stereocenters. The molecule has 0 amide bonds. The van der Waals surface area contributed by atoms with E-state index < -0.39 is 23.6 Å². The molecule has 0 bridgehead atoms. The van der Waals surface area contributed by atoms with Gasteiger partial charge in [-0.1, -0.05) is 29.8 Å². The minimum atomic E-state index is -1.13. The quantitative estimate of drug-likeness (QED) is 0.869. The molecule has 2 rings (SSSR count). The second-order valence-corrected chi connectivity index (χ2v) is 4.65. The second-order valence-electron chi connectivity index (χ2n) is 4.25. The molecule has 3 nitrogen and oxygen atoms in total. The number of para-hydroxylation sites is 1. The van der Waals surface area contributed by atoms with Crippen LogP contribution < -0.4 is 5.32 Å². The Hall–Kier alpha value is -2.14. The van der Waals surface area contributed by atoms with Crippen molar-refractivity contribution in [3.05, 3.63) is 64.7 Å². The Labute approximate surface area is 125 Å². The molecule has 0 heterocycles. The number of ether oxygens (including phenoxy) is 1. The lowest BCUT2D eigenvalue weighted by molar-refractivity contribution is -0.141. The van der Waals surface area contributed by atoms with Crippen molar-refractivity contribution in [1.29, 1.82) is 0 Å². The molecule has 0 fully saturated rings. The number of methoxy groups -OCH3 is 1. The Morgan fingerprint density at radius 1 is 1.24 bits per heavy atom. The minimum absolute atomic E-state index is 0.0248. The minimum Gasteiger partial charge on any atom is -0.467 e. The van der Waals surface area contributed by atoms with E-state index in [0.29, 0.717) is 16.8 Å². The lowest BCUT2D eigenvalue weighted by Gasteiger charge is -2.19. The number of nitrogens with one attached hydrogen (secondary N) is 1. The van der Waals surface area contributed by atoms with Gasteiger partial charge in [0, 0.05) is 11.6 Å². The van der Waals surface area contributed by atoms with Crippen molar-refractivity contribution in [3.8, 4) is 0 Å². The summed E-state index contributed by atoms with van der Waals surface area (Å²) in [5, 5.41) is 3.17. The van der Waals surface area contributed by atoms with E-state index in [4.69, 9.17) is 11.6 Å². The molecular weight excluding hydrogens is 300 g/mol. The molecule has 0 spiro atoms. The van der Waals surface area contributed by atoms with Crippen LogP contribution in [0.3, 0.4) is 0 Å². The van der Waals surface area contributed by atoms with E-state index in [9.17, 15) is 13.6 Å². The van der Waals surface area contributed by atoms with Crippen molar-refractivity contribution >= 4 is 23.3 Å². The van der Waals surface area contributed by atoms with Crippen LogP contribution in [0.1, 0.15) is 11.6 Å². The second kappa shape index (κ2) is 6.54. The van der Waals surface area contributed by atoms with Crippen LogP contribution in [0.15, 0.2) is 42.5 Å². The Balaban J connectivity index is 2.40. The fraction of sp³-hybridized carbons (Fsp3) is 0.133. The zero-order valence-electron chi connectivity index (χ0n) is 11.1. The van der Waals surface area contributed by atoms with E-state index in [1.54, 1.807) is 24.3 Å². The van der Waals surface area contributed by atoms with E-state index in [1.807, 2.05) is 0 Å². The van der Waals surface area contributed by atoms with E-state index in [1.165, 1.54) is 13.2 Å². The van der Waals surface area contributed by atoms with Crippen molar-refractivity contribution in [1.82, 2.24) is 0 Å². The van der Waals surface area contributed by atoms with Gasteiger partial charge in [-0.05, 0) is 18.2 Å². The van der Waals surface area contributed by atoms with Gasteiger partial charge in [-0.15, -0.1) is 0 Å². The van der Waals surface area contributed by atoms with E-state index in [0.717, 1.165) is 6.07 Å². The van der Waals surface area contributed by atoms with Crippen LogP contribution in [0.2, 0.25) is 5.02 Å². The third-order valence-corrected chi connectivity index (χ3v) is 3.21. The maximum absolute atomic E-state index is 13.9. The highest BCUT2D eigenvalue weighted by Gasteiger charge is 2.25. The fourth-order valence-electron chi connectivity index (χ4n) is 1.85. The van der Waals surface area contributed by atoms with Gasteiger partial charge >= 0.3 is 5.97 Å². The van der Waals surface area contributed by atoms with Crippen molar-refractivity contribution in [2.24, 2.45) is 0 Å². The fourth-order valence-corrected chi connectivity index (χ4v) is 2.04. The summed E-state index contributed by atoms with van der Waals surface area (Å²) >= 11 is 6.00. The predicted molar refractivity (Wildman–Crippen MR) is 76.2 cm³/mol. The van der Waals surface area contributed by atoms with Crippen LogP contribution in [0, 0.1) is 11.6 Å². The molecule has 0 aliphatic carbocycles. The number of carbonyl (C=O) groups excluding carboxylic acids is 1. The van der Waals surface area contributed by atoms with E-state index in [-0.39, 0.29) is 5.56 Å². The van der Waals surface area contributed by atoms with Crippen LogP contribution in [0.4, 0.5) is 14.5 Å². The number of hydrogen-bond acceptors (Lipinski definition) is 3. The molecule has 1 N–H and O–H groups in total. The molecule has 0 saturated carbocycles. The molecule has 0 saturated heterocycles. The molecule has 0 aliphatic rings. The number of esters is 1. The zero-order chi connectivity index (χ0) is 15.4. The van der Waals surface area contributed by atoms with Crippen LogP contribution in [0.25, 0.3) is 0 Å². The summed E-state index contributed by atoms with van der Waals surface area (Å²) in [6.07, 6.45) is 0. The molecule has 1 unspecified atom stereocenters. The predicted octanol–water partition coefficient (Wildman–Crippen LogP) is 3.94. The van der Waals surface area contributed by atoms with Crippen LogP contribution in [-0.2, 0) is 9.53 Å². The van der Waals surface area contributed by atoms with Crippen LogP contribution in [0.5, 0.6) is 0 Å². The molecule has 2 aromatic rings. The summed E-state index contributed by atoms with van der Waals surface area (Å²) in [6.45, 7) is 0. The van der Waals surface area contributed by atoms with E-state index >= 15 is 0 Å². The standard InChI is InChI=1S/C15H12ClF2NO2/c1-21-15(20)14(10-7-6-9(17)8-12(10)18)19-13-5-3-2-4-11(13)16/h2-8,14,19H,1H3. The van der Waals surface area contributed by atoms with Crippen molar-refractivity contribution in [3.63, 3.8) is 0 Å². The SMILES string of the molecule is COC(=O)C(Nc1ccccc1Cl)c1ccc(F)cc1F. The summed E-state index contributed by atoms with van der Waals surface area (Å²) in [5.41, 5.74) is 0.418. The smallest absolute Gasteiger partial charge is 0.333 e. The first-order valence-electron chi connectivity index (χ1n) is 6.06. The number of hydrogen-bond donors (Lipinski definition) is 1. The highest BCUT2D eigenvalue weighted by Crippen LogP contribution is 2.28. The zero-order valence-corrected chi connectivity index (χ0v) is 11.8. The van der Waals surface area contributed by atoms with Gasteiger partial charge in [-0.2, -0.15) is 0 Å². The molecule has 110 valence electrons. The summed E-state index contributed by atoms with van der Waals surface area (Å²) in [4.78, 5) is 11.9. The van der Waals surface area contributed by atoms with Crippen LogP contribution in [-0.4, -0.2) is 13.1 Å². The third-order valence-electron chi connectivity index (χ3n) is 2.88. The Morgan fingerprint density at radius 2 is 1.95 bits per heavy atom. The van der Waals surface area contributed by atoms with Gasteiger partial charge < -0.3 is 10.1 Å². The average Bonchev–Trinajstić information content (AvgIpc) is 2.46. The Kier molecular flexibility index (Phi) is 4.75. The molecule has 0 aromatic heterocycles. The van der Waals surface area contributed by atoms with Gasteiger partial charge in [0.25, 0.3) is 0 Å². The molecular formula is C15H12ClF2NO2. The Bertz CT molecular complexity index is 664. The Morgan fingerprint density at radius 3 is 2.57 bits per heavy atom. The first-order chi connectivity index (χ1) is 10.0. The largest absolute Gasteiger partial charge is 0.467 e. The van der Waals surface area contributed by atoms with Gasteiger partial charge in [0.2, 0.25) is 0 Å². The monoisotopic (exact) mass is 311 g/mol. The topological polar surface area (TPSA) is 38.3 Å². The maximum Gasteiger partial charge on any atom is 0.333 e. The summed E-state index contributed by atoms with van der Waals surface area (Å²) in [7, 11) is 1.19. The first kappa shape index (κ1) is 15.3. The van der Waals surface area contributed by atoms with Gasteiger partial charge in [0.15, 0.2) is 6.04 Å². The number of carbonyl (C=O) groups is 1. The van der Waals surface area contributed by atoms with Gasteiger partial charge in [0.1, 0.15) is 11.6 Å². The number of rotatable bonds is 4. The van der Waals surface area contributed by atoms with E-state index in [2.05, 4.69) is 10.1 Å². The summed E-state index contributed by atoms with van der Waals surface area (Å²) in [5.74, 6) is -2.28. The van der Waals surface area contributed by atoms with Crippen molar-refractivity contribution < 1.29 is 18.3 Å². The normalized spacial score (nSPS) is 11.8. The van der Waals surface area contributed by atoms with Crippen LogP contribution >= 0.6 is 11.6 Å². The van der Waals surface area contributed by atoms with Crippen molar-refractivity contribution in [2.45, 2.75) is 6.04 Å². The van der Waals surface area contributed by atoms with Gasteiger partial charge in [0.05, 0.1) is 17.8 Å². The number of anilines is 1. The highest BCUT2D eigenvalue weighted by molar-refractivity contribution is 6.33. The first-order valence-corrected chi connectivity index (χ1v) is 6.44. The number of halogens is 3. The number of benzene rings is 2. The van der Waals surface area contributed by atoms with Gasteiger partial charge in [-0.25, -0.2) is 13.6 Å². The lowest BCUT2D eigenvalue weighted by Crippen LogP contribution is -2.23. The summed E-state index contributed by atoms with van der Waals surface area (Å²) < 4.78 is 31.5. The van der Waals surface area contributed by atoms with Gasteiger partial charge in [-0.3, -0.25) is 0 Å². The third kappa shape index (κ3) is 3.49. The molecule has 0 radical (unpaired) electrons. The molecule has 21 heavy (non-hydrogen) atoms. The summed E-state index contributed by atoms with van der Waals surface area (Å²) in [6, 6.07) is 8.54. The molecule has 2 aromatic carbocycles. The highest BCUT2D eigenvalue weighted by atomic mass is 35.5. The molecule has 0 aliphatic heterocycles. The van der Waals surface area contributed by atoms with Crippen molar-refractivity contribution in [2.75, 3.05) is 12.4 Å². The maximum atomic E-state index is 13.9. The lowest BCUT2D eigenvalue weighted by atomic mass is 10.1. The molecule has 6 heteroatoms.